The first-order chi connectivity index (χ1) is 16.2. The molecule has 0 fully saturated rings. The summed E-state index contributed by atoms with van der Waals surface area (Å²) in [4.78, 5) is 21.0. The fourth-order valence-electron chi connectivity index (χ4n) is 3.88. The van der Waals surface area contributed by atoms with E-state index in [1.807, 2.05) is 24.3 Å². The summed E-state index contributed by atoms with van der Waals surface area (Å²) in [6, 6.07) is 12.2. The molecule has 0 unspecified atom stereocenters. The van der Waals surface area contributed by atoms with E-state index in [-0.39, 0.29) is 5.82 Å². The van der Waals surface area contributed by atoms with Crippen molar-refractivity contribution in [3.05, 3.63) is 73.1 Å². The second kappa shape index (κ2) is 7.49. The molecule has 0 aliphatic carbocycles. The fourth-order valence-corrected chi connectivity index (χ4v) is 3.88. The molecule has 2 N–H and O–H groups in total. The summed E-state index contributed by atoms with van der Waals surface area (Å²) in [5, 5.41) is 8.15. The van der Waals surface area contributed by atoms with Crippen LogP contribution in [0.25, 0.3) is 56.0 Å². The third kappa shape index (κ3) is 3.26. The van der Waals surface area contributed by atoms with E-state index in [4.69, 9.17) is 4.74 Å². The van der Waals surface area contributed by atoms with Gasteiger partial charge in [-0.3, -0.25) is 10.1 Å². The number of fused-ring (bicyclic) bond motifs is 2. The van der Waals surface area contributed by atoms with Crippen LogP contribution in [0, 0.1) is 5.82 Å². The molecule has 0 aliphatic rings. The van der Waals surface area contributed by atoms with Crippen LogP contribution >= 0.6 is 0 Å². The standard InChI is InChI=1S/C24H16FN7O/c1-33-17-8-14(7-16(25)10-17)18-4-6-27-23-20(18)29-24(30-23)21-19-9-15(12-28-22(19)32-31-21)13-3-2-5-26-11-13/h2-12H,1H3,(H,27,29,30)(H,28,31,32). The smallest absolute Gasteiger partial charge is 0.181 e. The predicted molar refractivity (Wildman–Crippen MR) is 122 cm³/mol. The number of hydrogen-bond acceptors (Lipinski definition) is 6. The Bertz CT molecular complexity index is 1620. The number of aromatic amines is 2. The molecule has 33 heavy (non-hydrogen) atoms. The Kier molecular flexibility index (Phi) is 4.32. The molecule has 160 valence electrons. The molecule has 0 saturated carbocycles. The summed E-state index contributed by atoms with van der Waals surface area (Å²) in [6.07, 6.45) is 6.92. The van der Waals surface area contributed by atoms with Crippen LogP contribution in [0.3, 0.4) is 0 Å². The summed E-state index contributed by atoms with van der Waals surface area (Å²) >= 11 is 0. The average molecular weight is 437 g/mol. The van der Waals surface area contributed by atoms with Gasteiger partial charge in [-0.1, -0.05) is 6.07 Å². The van der Waals surface area contributed by atoms with Crippen LogP contribution < -0.4 is 4.74 Å². The highest BCUT2D eigenvalue weighted by molar-refractivity contribution is 5.96. The van der Waals surface area contributed by atoms with Crippen LogP contribution in [0.1, 0.15) is 0 Å². The van der Waals surface area contributed by atoms with Gasteiger partial charge in [0.15, 0.2) is 17.1 Å². The molecule has 0 amide bonds. The number of pyridine rings is 3. The van der Waals surface area contributed by atoms with Crippen molar-refractivity contribution in [2.24, 2.45) is 0 Å². The van der Waals surface area contributed by atoms with Crippen molar-refractivity contribution >= 4 is 22.2 Å². The zero-order valence-corrected chi connectivity index (χ0v) is 17.4. The lowest BCUT2D eigenvalue weighted by Crippen LogP contribution is -1.88. The van der Waals surface area contributed by atoms with Crippen LogP contribution in [-0.4, -0.2) is 42.2 Å². The molecular weight excluding hydrogens is 421 g/mol. The van der Waals surface area contributed by atoms with Crippen molar-refractivity contribution in [3.63, 3.8) is 0 Å². The van der Waals surface area contributed by atoms with E-state index in [9.17, 15) is 4.39 Å². The van der Waals surface area contributed by atoms with E-state index in [2.05, 4.69) is 35.1 Å². The molecule has 8 nitrogen and oxygen atoms in total. The minimum Gasteiger partial charge on any atom is -0.497 e. The maximum atomic E-state index is 14.1. The van der Waals surface area contributed by atoms with Gasteiger partial charge < -0.3 is 9.72 Å². The summed E-state index contributed by atoms with van der Waals surface area (Å²) in [6.45, 7) is 0. The van der Waals surface area contributed by atoms with Gasteiger partial charge in [-0.15, -0.1) is 0 Å². The van der Waals surface area contributed by atoms with Gasteiger partial charge >= 0.3 is 0 Å². The Balaban J connectivity index is 1.50. The highest BCUT2D eigenvalue weighted by Crippen LogP contribution is 2.33. The van der Waals surface area contributed by atoms with Gasteiger partial charge in [0, 0.05) is 47.5 Å². The van der Waals surface area contributed by atoms with Crippen molar-refractivity contribution in [1.82, 2.24) is 35.1 Å². The maximum absolute atomic E-state index is 14.1. The molecule has 0 aliphatic heterocycles. The monoisotopic (exact) mass is 437 g/mol. The summed E-state index contributed by atoms with van der Waals surface area (Å²) in [5.41, 5.74) is 5.72. The minimum absolute atomic E-state index is 0.386. The second-order valence-electron chi connectivity index (χ2n) is 7.46. The van der Waals surface area contributed by atoms with Crippen LogP contribution in [-0.2, 0) is 0 Å². The Morgan fingerprint density at radius 3 is 2.70 bits per heavy atom. The highest BCUT2D eigenvalue weighted by atomic mass is 19.1. The fraction of sp³-hybridized carbons (Fsp3) is 0.0417. The number of nitrogens with zero attached hydrogens (tertiary/aromatic N) is 5. The zero-order chi connectivity index (χ0) is 22.4. The first-order valence-electron chi connectivity index (χ1n) is 10.1. The number of H-pyrrole nitrogens is 2. The van der Waals surface area contributed by atoms with Crippen LogP contribution in [0.2, 0.25) is 0 Å². The van der Waals surface area contributed by atoms with Crippen molar-refractivity contribution in [1.29, 1.82) is 0 Å². The van der Waals surface area contributed by atoms with E-state index in [1.54, 1.807) is 30.9 Å². The second-order valence-corrected chi connectivity index (χ2v) is 7.46. The van der Waals surface area contributed by atoms with Crippen molar-refractivity contribution in [2.45, 2.75) is 0 Å². The van der Waals surface area contributed by atoms with Crippen molar-refractivity contribution in [2.75, 3.05) is 7.11 Å². The number of aromatic nitrogens is 7. The van der Waals surface area contributed by atoms with Crippen LogP contribution in [0.5, 0.6) is 5.75 Å². The quantitative estimate of drug-likeness (QED) is 0.411. The van der Waals surface area contributed by atoms with Gasteiger partial charge in [-0.25, -0.2) is 19.3 Å². The van der Waals surface area contributed by atoms with E-state index < -0.39 is 0 Å². The number of imidazole rings is 1. The molecule has 0 spiro atoms. The first kappa shape index (κ1) is 19.1. The minimum atomic E-state index is -0.386. The van der Waals surface area contributed by atoms with Crippen LogP contribution in [0.4, 0.5) is 4.39 Å². The number of ether oxygens (including phenoxy) is 1. The van der Waals surface area contributed by atoms with Gasteiger partial charge in [0.05, 0.1) is 18.0 Å². The molecule has 0 atom stereocenters. The lowest BCUT2D eigenvalue weighted by Gasteiger charge is -2.06. The number of rotatable bonds is 4. The number of hydrogen-bond donors (Lipinski definition) is 2. The zero-order valence-electron chi connectivity index (χ0n) is 17.4. The Labute approximate surface area is 186 Å². The van der Waals surface area contributed by atoms with E-state index >= 15 is 0 Å². The summed E-state index contributed by atoms with van der Waals surface area (Å²) < 4.78 is 19.4. The number of halogens is 1. The topological polar surface area (TPSA) is 105 Å². The molecule has 1 aromatic carbocycles. The van der Waals surface area contributed by atoms with Gasteiger partial charge in [-0.2, -0.15) is 5.10 Å². The van der Waals surface area contributed by atoms with Gasteiger partial charge in [0.25, 0.3) is 0 Å². The molecule has 6 rings (SSSR count). The molecule has 0 saturated heterocycles. The number of benzene rings is 1. The van der Waals surface area contributed by atoms with Gasteiger partial charge in [-0.05, 0) is 35.9 Å². The first-order valence-corrected chi connectivity index (χ1v) is 10.1. The lowest BCUT2D eigenvalue weighted by molar-refractivity contribution is 0.411. The van der Waals surface area contributed by atoms with Gasteiger partial charge in [0.1, 0.15) is 17.3 Å². The largest absolute Gasteiger partial charge is 0.497 e. The maximum Gasteiger partial charge on any atom is 0.181 e. The third-order valence-corrected chi connectivity index (χ3v) is 5.45. The molecule has 5 heterocycles. The van der Waals surface area contributed by atoms with Crippen molar-refractivity contribution < 1.29 is 9.13 Å². The Morgan fingerprint density at radius 2 is 1.85 bits per heavy atom. The Hall–Kier alpha value is -4.66. The van der Waals surface area contributed by atoms with E-state index in [0.29, 0.717) is 39.6 Å². The normalized spacial score (nSPS) is 11.3. The van der Waals surface area contributed by atoms with Crippen molar-refractivity contribution in [3.8, 4) is 39.5 Å². The molecule has 5 aromatic heterocycles. The SMILES string of the molecule is COc1cc(F)cc(-c2ccnc3nc(-c4[nH]nc5ncc(-c6cccnc6)cc45)[nH]c23)c1. The third-order valence-electron chi connectivity index (χ3n) is 5.45. The highest BCUT2D eigenvalue weighted by Gasteiger charge is 2.17. The molecule has 0 bridgehead atoms. The van der Waals surface area contributed by atoms with Gasteiger partial charge in [0.2, 0.25) is 0 Å². The average Bonchev–Trinajstić information content (AvgIpc) is 3.47. The Morgan fingerprint density at radius 1 is 0.909 bits per heavy atom. The predicted octanol–water partition coefficient (Wildman–Crippen LogP) is 4.77. The molecule has 9 heteroatoms. The van der Waals surface area contributed by atoms with E-state index in [0.717, 1.165) is 22.1 Å². The van der Waals surface area contributed by atoms with Crippen LogP contribution in [0.15, 0.2) is 67.3 Å². The summed E-state index contributed by atoms with van der Waals surface area (Å²) in [7, 11) is 1.51. The molecule has 6 aromatic rings. The number of nitrogens with one attached hydrogen (secondary N) is 2. The van der Waals surface area contributed by atoms with E-state index in [1.165, 1.54) is 19.2 Å². The summed E-state index contributed by atoms with van der Waals surface area (Å²) in [5.74, 6) is 0.604. The number of methoxy groups -OCH3 is 1. The lowest BCUT2D eigenvalue weighted by atomic mass is 10.1. The molecular formula is C24H16FN7O. The molecule has 0 radical (unpaired) electrons.